The number of carbonyl (C=O) groups excluding carboxylic acids is 2. The van der Waals surface area contributed by atoms with Crippen molar-refractivity contribution in [1.82, 2.24) is 5.32 Å². The SMILES string of the molecule is O=C(N[C@@H]1CCC1=O)c1ccc(-c2ccccc2)cc1. The molecule has 1 amide bonds. The molecule has 100 valence electrons. The highest BCUT2D eigenvalue weighted by Gasteiger charge is 2.29. The molecule has 1 N–H and O–H groups in total. The van der Waals surface area contributed by atoms with Gasteiger partial charge in [0.25, 0.3) is 5.91 Å². The van der Waals surface area contributed by atoms with Crippen LogP contribution >= 0.6 is 0 Å². The summed E-state index contributed by atoms with van der Waals surface area (Å²) < 4.78 is 0. The molecule has 2 aromatic rings. The minimum atomic E-state index is -0.281. The van der Waals surface area contributed by atoms with Crippen molar-refractivity contribution in [2.75, 3.05) is 0 Å². The van der Waals surface area contributed by atoms with Gasteiger partial charge in [-0.3, -0.25) is 9.59 Å². The van der Waals surface area contributed by atoms with Crippen LogP contribution in [0.1, 0.15) is 23.2 Å². The number of benzene rings is 2. The lowest BCUT2D eigenvalue weighted by Gasteiger charge is -2.24. The van der Waals surface area contributed by atoms with E-state index in [4.69, 9.17) is 0 Å². The summed E-state index contributed by atoms with van der Waals surface area (Å²) in [5.41, 5.74) is 2.78. The van der Waals surface area contributed by atoms with Gasteiger partial charge >= 0.3 is 0 Å². The molecule has 0 unspecified atom stereocenters. The van der Waals surface area contributed by atoms with E-state index in [2.05, 4.69) is 5.32 Å². The van der Waals surface area contributed by atoms with Crippen molar-refractivity contribution >= 4 is 11.7 Å². The van der Waals surface area contributed by atoms with Gasteiger partial charge in [0.15, 0.2) is 5.78 Å². The predicted octanol–water partition coefficient (Wildman–Crippen LogP) is 2.81. The Morgan fingerprint density at radius 3 is 2.15 bits per heavy atom. The topological polar surface area (TPSA) is 46.2 Å². The highest BCUT2D eigenvalue weighted by atomic mass is 16.2. The Balaban J connectivity index is 1.73. The van der Waals surface area contributed by atoms with Gasteiger partial charge < -0.3 is 5.32 Å². The van der Waals surface area contributed by atoms with Crippen molar-refractivity contribution < 1.29 is 9.59 Å². The molecule has 0 aromatic heterocycles. The van der Waals surface area contributed by atoms with E-state index in [1.165, 1.54) is 0 Å². The van der Waals surface area contributed by atoms with Gasteiger partial charge in [-0.15, -0.1) is 0 Å². The van der Waals surface area contributed by atoms with Crippen molar-refractivity contribution in [3.63, 3.8) is 0 Å². The lowest BCUT2D eigenvalue weighted by Crippen LogP contribution is -2.47. The van der Waals surface area contributed by atoms with Crippen LogP contribution in [0.15, 0.2) is 54.6 Å². The van der Waals surface area contributed by atoms with Gasteiger partial charge in [0, 0.05) is 12.0 Å². The second-order valence-electron chi connectivity index (χ2n) is 4.97. The van der Waals surface area contributed by atoms with Gasteiger partial charge in [0.2, 0.25) is 0 Å². The molecule has 0 bridgehead atoms. The largest absolute Gasteiger partial charge is 0.342 e. The fraction of sp³-hybridized carbons (Fsp3) is 0.176. The van der Waals surface area contributed by atoms with Gasteiger partial charge in [-0.1, -0.05) is 42.5 Å². The summed E-state index contributed by atoms with van der Waals surface area (Å²) in [4.78, 5) is 23.2. The number of amides is 1. The molecule has 20 heavy (non-hydrogen) atoms. The molecule has 3 rings (SSSR count). The third-order valence-corrected chi connectivity index (χ3v) is 3.63. The summed E-state index contributed by atoms with van der Waals surface area (Å²) in [6.07, 6.45) is 1.34. The monoisotopic (exact) mass is 265 g/mol. The summed E-state index contributed by atoms with van der Waals surface area (Å²) in [7, 11) is 0. The average molecular weight is 265 g/mol. The molecule has 2 aromatic carbocycles. The molecule has 1 aliphatic carbocycles. The van der Waals surface area contributed by atoms with Crippen LogP contribution in [0.5, 0.6) is 0 Å². The molecule has 1 fully saturated rings. The first-order chi connectivity index (χ1) is 9.74. The zero-order chi connectivity index (χ0) is 13.9. The molecular weight excluding hydrogens is 250 g/mol. The number of hydrogen-bond acceptors (Lipinski definition) is 2. The van der Waals surface area contributed by atoms with Gasteiger partial charge in [-0.05, 0) is 29.7 Å². The molecule has 0 saturated heterocycles. The molecule has 0 spiro atoms. The van der Waals surface area contributed by atoms with E-state index in [0.29, 0.717) is 12.0 Å². The fourth-order valence-corrected chi connectivity index (χ4v) is 2.25. The maximum Gasteiger partial charge on any atom is 0.251 e. The van der Waals surface area contributed by atoms with Crippen LogP contribution in [0, 0.1) is 0 Å². The van der Waals surface area contributed by atoms with Gasteiger partial charge in [-0.25, -0.2) is 0 Å². The van der Waals surface area contributed by atoms with Crippen molar-refractivity contribution in [2.45, 2.75) is 18.9 Å². The van der Waals surface area contributed by atoms with Gasteiger partial charge in [-0.2, -0.15) is 0 Å². The van der Waals surface area contributed by atoms with E-state index < -0.39 is 0 Å². The normalized spacial score (nSPS) is 17.4. The van der Waals surface area contributed by atoms with Crippen LogP contribution in [0.2, 0.25) is 0 Å². The standard InChI is InChI=1S/C17H15NO2/c19-16-11-10-15(16)18-17(20)14-8-6-13(7-9-14)12-4-2-1-3-5-12/h1-9,15H,10-11H2,(H,18,20)/t15-/m1/s1. The molecule has 0 aliphatic heterocycles. The zero-order valence-electron chi connectivity index (χ0n) is 11.0. The molecule has 0 heterocycles. The highest BCUT2D eigenvalue weighted by molar-refractivity contribution is 6.00. The first kappa shape index (κ1) is 12.6. The Kier molecular flexibility index (Phi) is 3.33. The van der Waals surface area contributed by atoms with E-state index in [1.807, 2.05) is 42.5 Å². The van der Waals surface area contributed by atoms with Crippen molar-refractivity contribution in [2.24, 2.45) is 0 Å². The summed E-state index contributed by atoms with van der Waals surface area (Å²) >= 11 is 0. The Labute approximate surface area is 117 Å². The summed E-state index contributed by atoms with van der Waals surface area (Å²) in [6.45, 7) is 0. The Morgan fingerprint density at radius 1 is 0.950 bits per heavy atom. The lowest BCUT2D eigenvalue weighted by molar-refractivity contribution is -0.126. The maximum absolute atomic E-state index is 12.0. The zero-order valence-corrected chi connectivity index (χ0v) is 11.0. The Bertz CT molecular complexity index is 632. The number of carbonyl (C=O) groups is 2. The fourth-order valence-electron chi connectivity index (χ4n) is 2.25. The maximum atomic E-state index is 12.0. The Morgan fingerprint density at radius 2 is 1.60 bits per heavy atom. The lowest BCUT2D eigenvalue weighted by atomic mass is 9.91. The van der Waals surface area contributed by atoms with Crippen LogP contribution in [0.3, 0.4) is 0 Å². The van der Waals surface area contributed by atoms with E-state index in [9.17, 15) is 9.59 Å². The number of ketones is 1. The van der Waals surface area contributed by atoms with Crippen LogP contribution in [0.4, 0.5) is 0 Å². The minimum absolute atomic E-state index is 0.124. The molecule has 3 heteroatoms. The van der Waals surface area contributed by atoms with E-state index in [-0.39, 0.29) is 17.7 Å². The van der Waals surface area contributed by atoms with Crippen LogP contribution < -0.4 is 5.32 Å². The second-order valence-corrected chi connectivity index (χ2v) is 4.97. The van der Waals surface area contributed by atoms with Gasteiger partial charge in [0.05, 0.1) is 6.04 Å². The predicted molar refractivity (Wildman–Crippen MR) is 77.4 cm³/mol. The third kappa shape index (κ3) is 2.48. The molecular formula is C17H15NO2. The number of hydrogen-bond donors (Lipinski definition) is 1. The minimum Gasteiger partial charge on any atom is -0.342 e. The first-order valence-corrected chi connectivity index (χ1v) is 6.73. The van der Waals surface area contributed by atoms with Crippen molar-refractivity contribution in [3.8, 4) is 11.1 Å². The molecule has 1 atom stereocenters. The Hall–Kier alpha value is -2.42. The van der Waals surface area contributed by atoms with Crippen LogP contribution in [-0.2, 0) is 4.79 Å². The van der Waals surface area contributed by atoms with Crippen LogP contribution in [-0.4, -0.2) is 17.7 Å². The molecule has 1 aliphatic rings. The molecule has 0 radical (unpaired) electrons. The third-order valence-electron chi connectivity index (χ3n) is 3.63. The first-order valence-electron chi connectivity index (χ1n) is 6.73. The quantitative estimate of drug-likeness (QED) is 0.927. The highest BCUT2D eigenvalue weighted by Crippen LogP contribution is 2.20. The second kappa shape index (κ2) is 5.29. The van der Waals surface area contributed by atoms with E-state index in [1.54, 1.807) is 12.1 Å². The smallest absolute Gasteiger partial charge is 0.251 e. The molecule has 3 nitrogen and oxygen atoms in total. The van der Waals surface area contributed by atoms with Gasteiger partial charge in [0.1, 0.15) is 0 Å². The van der Waals surface area contributed by atoms with E-state index in [0.717, 1.165) is 17.5 Å². The number of Topliss-reactive ketones (excluding diaryl/α,β-unsaturated/α-hetero) is 1. The molecule has 1 saturated carbocycles. The summed E-state index contributed by atoms with van der Waals surface area (Å²) in [5, 5.41) is 2.75. The number of nitrogens with one attached hydrogen (secondary N) is 1. The van der Waals surface area contributed by atoms with Crippen molar-refractivity contribution in [1.29, 1.82) is 0 Å². The summed E-state index contributed by atoms with van der Waals surface area (Å²) in [5.74, 6) is -0.0538. The summed E-state index contributed by atoms with van der Waals surface area (Å²) in [6, 6.07) is 17.2. The van der Waals surface area contributed by atoms with E-state index >= 15 is 0 Å². The average Bonchev–Trinajstić information content (AvgIpc) is 2.52. The number of rotatable bonds is 3. The van der Waals surface area contributed by atoms with Crippen molar-refractivity contribution in [3.05, 3.63) is 60.2 Å². The van der Waals surface area contributed by atoms with Crippen LogP contribution in [0.25, 0.3) is 11.1 Å².